The fraction of sp³-hybridized carbons (Fsp3) is 0.250. The van der Waals surface area contributed by atoms with Crippen molar-refractivity contribution in [3.05, 3.63) is 91.0 Å². The summed E-state index contributed by atoms with van der Waals surface area (Å²) in [5.74, 6) is 0. The second-order valence-corrected chi connectivity index (χ2v) is 10.3. The highest BCUT2D eigenvalue weighted by Crippen LogP contribution is 2.55. The summed E-state index contributed by atoms with van der Waals surface area (Å²) in [4.78, 5) is 0. The third-order valence-corrected chi connectivity index (χ3v) is 9.52. The summed E-state index contributed by atoms with van der Waals surface area (Å²) in [7, 11) is -1.66. The van der Waals surface area contributed by atoms with E-state index in [0.717, 1.165) is 12.8 Å². The van der Waals surface area contributed by atoms with Crippen molar-refractivity contribution in [3.63, 3.8) is 0 Å². The van der Waals surface area contributed by atoms with E-state index in [1.165, 1.54) is 34.9 Å². The first-order valence-corrected chi connectivity index (χ1v) is 11.5. The van der Waals surface area contributed by atoms with Crippen molar-refractivity contribution in [2.45, 2.75) is 25.7 Å². The van der Waals surface area contributed by atoms with Gasteiger partial charge in [-0.3, -0.25) is 0 Å². The Balaban J connectivity index is 0.00000261. The van der Waals surface area contributed by atoms with E-state index in [1.807, 2.05) is 0 Å². The summed E-state index contributed by atoms with van der Waals surface area (Å²) in [6.07, 6.45) is 5.56. The molecule has 0 spiro atoms. The van der Waals surface area contributed by atoms with Crippen LogP contribution in [-0.2, 0) is 0 Å². The first-order valence-electron chi connectivity index (χ1n) is 9.54. The fourth-order valence-electron chi connectivity index (χ4n) is 3.70. The van der Waals surface area contributed by atoms with Gasteiger partial charge in [-0.05, 0) is 55.7 Å². The van der Waals surface area contributed by atoms with Crippen LogP contribution in [0.2, 0.25) is 0 Å². The van der Waals surface area contributed by atoms with Gasteiger partial charge in [0, 0.05) is 6.61 Å². The van der Waals surface area contributed by atoms with Crippen LogP contribution < -0.4 is 32.9 Å². The Morgan fingerprint density at radius 3 is 1.26 bits per heavy atom. The lowest BCUT2D eigenvalue weighted by Gasteiger charge is -2.27. The normalized spacial score (nSPS) is 11.0. The lowest BCUT2D eigenvalue weighted by molar-refractivity contribution is -0.00000626. The maximum atomic E-state index is 9.07. The molecule has 0 aliphatic heterocycles. The minimum absolute atomic E-state index is 0. The summed E-state index contributed by atoms with van der Waals surface area (Å²) >= 11 is 0. The van der Waals surface area contributed by atoms with Crippen molar-refractivity contribution in [2.75, 3.05) is 12.8 Å². The lowest BCUT2D eigenvalue weighted by Crippen LogP contribution is -3.00. The van der Waals surface area contributed by atoms with Crippen LogP contribution in [0, 0.1) is 0 Å². The molecule has 0 fully saturated rings. The van der Waals surface area contributed by atoms with Gasteiger partial charge in [0.1, 0.15) is 23.2 Å². The quantitative estimate of drug-likeness (QED) is 0.393. The molecule has 27 heavy (non-hydrogen) atoms. The van der Waals surface area contributed by atoms with E-state index in [-0.39, 0.29) is 17.0 Å². The molecule has 0 aliphatic carbocycles. The zero-order valence-electron chi connectivity index (χ0n) is 15.7. The highest BCUT2D eigenvalue weighted by molar-refractivity contribution is 7.95. The van der Waals surface area contributed by atoms with E-state index in [2.05, 4.69) is 91.0 Å². The molecule has 1 N–H and O–H groups in total. The molecule has 0 aromatic heterocycles. The fourth-order valence-corrected chi connectivity index (χ4v) is 8.11. The predicted molar refractivity (Wildman–Crippen MR) is 116 cm³/mol. The largest absolute Gasteiger partial charge is 1.00 e. The molecule has 3 aromatic carbocycles. The molecule has 0 bridgehead atoms. The van der Waals surface area contributed by atoms with Gasteiger partial charge in [0.2, 0.25) is 0 Å². The number of benzene rings is 3. The first kappa shape index (κ1) is 21.8. The van der Waals surface area contributed by atoms with Crippen molar-refractivity contribution >= 4 is 23.2 Å². The Morgan fingerprint density at radius 1 is 0.519 bits per heavy atom. The summed E-state index contributed by atoms with van der Waals surface area (Å²) in [5, 5.41) is 13.4. The third kappa shape index (κ3) is 5.29. The van der Waals surface area contributed by atoms with Crippen LogP contribution in [0.5, 0.6) is 0 Å². The molecule has 3 rings (SSSR count). The molecule has 3 aromatic rings. The number of hydrogen-bond donors (Lipinski definition) is 1. The molecular formula is C24H28BrOP. The van der Waals surface area contributed by atoms with E-state index in [0.29, 0.717) is 6.61 Å². The molecule has 3 heteroatoms. The van der Waals surface area contributed by atoms with Crippen LogP contribution in [0.1, 0.15) is 25.7 Å². The molecule has 0 heterocycles. The van der Waals surface area contributed by atoms with Crippen molar-refractivity contribution in [2.24, 2.45) is 0 Å². The Kier molecular flexibility index (Phi) is 9.21. The van der Waals surface area contributed by atoms with Crippen molar-refractivity contribution in [3.8, 4) is 0 Å². The van der Waals surface area contributed by atoms with Gasteiger partial charge in [0.15, 0.2) is 0 Å². The third-order valence-electron chi connectivity index (χ3n) is 4.99. The molecule has 0 saturated carbocycles. The number of aliphatic hydroxyl groups is 1. The molecule has 0 unspecified atom stereocenters. The molecule has 0 amide bonds. The molecule has 0 saturated heterocycles. The number of halogens is 1. The number of rotatable bonds is 9. The zero-order valence-corrected chi connectivity index (χ0v) is 18.2. The minimum Gasteiger partial charge on any atom is -1.00 e. The first-order chi connectivity index (χ1) is 12.9. The smallest absolute Gasteiger partial charge is 0.112 e. The van der Waals surface area contributed by atoms with Crippen LogP contribution in [0.25, 0.3) is 0 Å². The summed E-state index contributed by atoms with van der Waals surface area (Å²) in [6, 6.07) is 33.2. The molecular weight excluding hydrogens is 415 g/mol. The van der Waals surface area contributed by atoms with Gasteiger partial charge in [-0.25, -0.2) is 0 Å². The van der Waals surface area contributed by atoms with Crippen LogP contribution in [-0.4, -0.2) is 17.9 Å². The number of hydrogen-bond acceptors (Lipinski definition) is 1. The molecule has 142 valence electrons. The topological polar surface area (TPSA) is 20.2 Å². The Hall–Kier alpha value is -1.47. The van der Waals surface area contributed by atoms with Gasteiger partial charge in [-0.15, -0.1) is 0 Å². The van der Waals surface area contributed by atoms with Crippen LogP contribution in [0.15, 0.2) is 91.0 Å². The van der Waals surface area contributed by atoms with Gasteiger partial charge < -0.3 is 22.1 Å². The van der Waals surface area contributed by atoms with Crippen LogP contribution in [0.4, 0.5) is 0 Å². The maximum absolute atomic E-state index is 9.07. The van der Waals surface area contributed by atoms with Gasteiger partial charge in [0.05, 0.1) is 6.16 Å². The van der Waals surface area contributed by atoms with E-state index >= 15 is 0 Å². The number of aliphatic hydroxyl groups excluding tert-OH is 1. The zero-order chi connectivity index (χ0) is 18.1. The Labute approximate surface area is 174 Å². The van der Waals surface area contributed by atoms with Gasteiger partial charge in [-0.2, -0.15) is 0 Å². The average molecular weight is 443 g/mol. The van der Waals surface area contributed by atoms with Crippen molar-refractivity contribution in [1.82, 2.24) is 0 Å². The van der Waals surface area contributed by atoms with Crippen LogP contribution in [0.3, 0.4) is 0 Å². The minimum atomic E-state index is -1.66. The highest BCUT2D eigenvalue weighted by Gasteiger charge is 2.44. The van der Waals surface area contributed by atoms with E-state index in [4.69, 9.17) is 5.11 Å². The van der Waals surface area contributed by atoms with Crippen LogP contribution >= 0.6 is 7.26 Å². The van der Waals surface area contributed by atoms with Gasteiger partial charge >= 0.3 is 0 Å². The van der Waals surface area contributed by atoms with E-state index in [9.17, 15) is 0 Å². The van der Waals surface area contributed by atoms with E-state index < -0.39 is 7.26 Å². The van der Waals surface area contributed by atoms with Gasteiger partial charge in [-0.1, -0.05) is 61.0 Å². The lowest BCUT2D eigenvalue weighted by atomic mass is 10.2. The average Bonchev–Trinajstić information content (AvgIpc) is 2.73. The molecule has 0 atom stereocenters. The predicted octanol–water partition coefficient (Wildman–Crippen LogP) is 1.54. The summed E-state index contributed by atoms with van der Waals surface area (Å²) < 4.78 is 0. The van der Waals surface area contributed by atoms with E-state index in [1.54, 1.807) is 0 Å². The number of unbranched alkanes of at least 4 members (excludes halogenated alkanes) is 3. The SMILES string of the molecule is OCCCCCC[P+](c1ccccc1)(c1ccccc1)c1ccccc1.[Br-]. The highest BCUT2D eigenvalue weighted by atomic mass is 79.9. The second-order valence-electron chi connectivity index (χ2n) is 6.68. The summed E-state index contributed by atoms with van der Waals surface area (Å²) in [6.45, 7) is 0.302. The Morgan fingerprint density at radius 2 is 0.889 bits per heavy atom. The monoisotopic (exact) mass is 442 g/mol. The summed E-state index contributed by atoms with van der Waals surface area (Å²) in [5.41, 5.74) is 0. The molecule has 0 radical (unpaired) electrons. The Bertz CT molecular complexity index is 665. The van der Waals surface area contributed by atoms with Crippen molar-refractivity contribution < 1.29 is 22.1 Å². The van der Waals surface area contributed by atoms with Crippen molar-refractivity contribution in [1.29, 1.82) is 0 Å². The second kappa shape index (κ2) is 11.4. The standard InChI is InChI=1S/C24H28OP.BrH/c25-20-12-1-2-13-21-26(22-14-6-3-7-15-22,23-16-8-4-9-17-23)24-18-10-5-11-19-24;/h3-11,14-19,25H,1-2,12-13,20-21H2;1H/q+1;/p-1. The molecule has 1 nitrogen and oxygen atoms in total. The maximum Gasteiger partial charge on any atom is 0.112 e. The van der Waals surface area contributed by atoms with Gasteiger partial charge in [0.25, 0.3) is 0 Å². The molecule has 0 aliphatic rings.